The standard InChI is InChI=1S/C34H33N3/c1-23-16-26-17-24(2)20-34(19-23,21-26)30-14-12-28(13-15-30)32-18-31(27-6-4-3-5-7-27)36-33(37-32)29-10-8-25(22-35)9-11-29/h3-15,18,23-24,26H,16-17,19-21H2,1-2H3/t23-,24+,26?,34?. The first kappa shape index (κ1) is 23.6. The average Bonchev–Trinajstić information content (AvgIpc) is 2.92. The monoisotopic (exact) mass is 483 g/mol. The van der Waals surface area contributed by atoms with Gasteiger partial charge in [0.05, 0.1) is 23.0 Å². The molecule has 2 unspecified atom stereocenters. The Kier molecular flexibility index (Phi) is 6.13. The van der Waals surface area contributed by atoms with Gasteiger partial charge in [-0.2, -0.15) is 5.26 Å². The molecule has 0 spiro atoms. The zero-order chi connectivity index (χ0) is 25.4. The highest BCUT2D eigenvalue weighted by Crippen LogP contribution is 2.54. The minimum Gasteiger partial charge on any atom is -0.228 e. The van der Waals surface area contributed by atoms with Crippen molar-refractivity contribution in [2.75, 3.05) is 0 Å². The van der Waals surface area contributed by atoms with E-state index in [1.165, 1.54) is 37.7 Å². The molecular weight excluding hydrogens is 450 g/mol. The summed E-state index contributed by atoms with van der Waals surface area (Å²) in [5.74, 6) is 3.15. The lowest BCUT2D eigenvalue weighted by Crippen LogP contribution is -2.42. The second kappa shape index (κ2) is 9.60. The van der Waals surface area contributed by atoms with E-state index in [4.69, 9.17) is 9.97 Å². The number of benzene rings is 3. The van der Waals surface area contributed by atoms with Crippen LogP contribution in [-0.4, -0.2) is 9.97 Å². The van der Waals surface area contributed by atoms with Gasteiger partial charge in [-0.3, -0.25) is 0 Å². The highest BCUT2D eigenvalue weighted by Gasteiger charge is 2.45. The molecule has 2 aliphatic rings. The van der Waals surface area contributed by atoms with Crippen LogP contribution in [0.3, 0.4) is 0 Å². The summed E-state index contributed by atoms with van der Waals surface area (Å²) in [4.78, 5) is 9.90. The molecular formula is C34H33N3. The normalized spacial score (nSPS) is 24.8. The predicted octanol–water partition coefficient (Wildman–Crippen LogP) is 8.45. The maximum absolute atomic E-state index is 9.20. The van der Waals surface area contributed by atoms with Gasteiger partial charge in [0.1, 0.15) is 0 Å². The van der Waals surface area contributed by atoms with Crippen LogP contribution in [0, 0.1) is 29.1 Å². The Morgan fingerprint density at radius 3 is 1.86 bits per heavy atom. The van der Waals surface area contributed by atoms with Gasteiger partial charge in [-0.15, -0.1) is 0 Å². The van der Waals surface area contributed by atoms with Gasteiger partial charge in [-0.05, 0) is 91.2 Å². The van der Waals surface area contributed by atoms with Crippen LogP contribution in [0.2, 0.25) is 0 Å². The van der Waals surface area contributed by atoms with Gasteiger partial charge in [-0.25, -0.2) is 9.97 Å². The molecule has 1 heterocycles. The molecule has 0 aliphatic heterocycles. The summed E-state index contributed by atoms with van der Waals surface area (Å²) >= 11 is 0. The van der Waals surface area contributed by atoms with Crippen LogP contribution in [0.15, 0.2) is 84.9 Å². The number of fused-ring (bicyclic) bond motifs is 2. The Hall–Kier alpha value is -3.77. The van der Waals surface area contributed by atoms with Crippen molar-refractivity contribution < 1.29 is 0 Å². The van der Waals surface area contributed by atoms with Crippen molar-refractivity contribution in [3.8, 4) is 40.0 Å². The fourth-order valence-electron chi connectivity index (χ4n) is 7.23. The molecule has 4 aromatic rings. The molecule has 0 amide bonds. The Balaban J connectivity index is 1.40. The van der Waals surface area contributed by atoms with E-state index in [1.54, 1.807) is 0 Å². The van der Waals surface area contributed by atoms with E-state index in [0.717, 1.165) is 45.8 Å². The lowest BCUT2D eigenvalue weighted by atomic mass is 9.54. The van der Waals surface area contributed by atoms with Crippen LogP contribution >= 0.6 is 0 Å². The third kappa shape index (κ3) is 4.69. The summed E-state index contributed by atoms with van der Waals surface area (Å²) in [7, 11) is 0. The largest absolute Gasteiger partial charge is 0.228 e. The van der Waals surface area contributed by atoms with Crippen LogP contribution in [0.25, 0.3) is 33.9 Å². The SMILES string of the molecule is C[C@@H]1CC2C[C@H](C)CC(c3ccc(-c4cc(-c5ccccc5)nc(-c5ccc(C#N)cc5)n4)cc3)(C2)C1. The average molecular weight is 484 g/mol. The molecule has 6 rings (SSSR count). The van der Waals surface area contributed by atoms with Crippen LogP contribution in [-0.2, 0) is 5.41 Å². The maximum atomic E-state index is 9.20. The van der Waals surface area contributed by atoms with Crippen LogP contribution in [0.5, 0.6) is 0 Å². The summed E-state index contributed by atoms with van der Waals surface area (Å²) in [5.41, 5.74) is 7.37. The third-order valence-electron chi connectivity index (χ3n) is 8.49. The van der Waals surface area contributed by atoms with E-state index in [0.29, 0.717) is 16.8 Å². The highest BCUT2D eigenvalue weighted by atomic mass is 14.9. The third-order valence-corrected chi connectivity index (χ3v) is 8.49. The van der Waals surface area contributed by atoms with Gasteiger partial charge in [-0.1, -0.05) is 68.4 Å². The Morgan fingerprint density at radius 1 is 0.703 bits per heavy atom. The van der Waals surface area contributed by atoms with Gasteiger partial charge in [0.2, 0.25) is 0 Å². The smallest absolute Gasteiger partial charge is 0.160 e. The quantitative estimate of drug-likeness (QED) is 0.292. The molecule has 0 radical (unpaired) electrons. The van der Waals surface area contributed by atoms with Crippen LogP contribution < -0.4 is 0 Å². The predicted molar refractivity (Wildman–Crippen MR) is 150 cm³/mol. The minimum absolute atomic E-state index is 0.326. The summed E-state index contributed by atoms with van der Waals surface area (Å²) in [6, 6.07) is 31.3. The fraction of sp³-hybridized carbons (Fsp3) is 0.324. The Bertz CT molecular complexity index is 1410. The van der Waals surface area contributed by atoms with Crippen molar-refractivity contribution in [1.82, 2.24) is 9.97 Å². The second-order valence-corrected chi connectivity index (χ2v) is 11.5. The van der Waals surface area contributed by atoms with Crippen molar-refractivity contribution in [1.29, 1.82) is 5.26 Å². The van der Waals surface area contributed by atoms with Crippen molar-refractivity contribution >= 4 is 0 Å². The minimum atomic E-state index is 0.326. The molecule has 3 heteroatoms. The molecule has 4 atom stereocenters. The van der Waals surface area contributed by atoms with Crippen LogP contribution in [0.4, 0.5) is 0 Å². The molecule has 2 aliphatic carbocycles. The van der Waals surface area contributed by atoms with E-state index in [-0.39, 0.29) is 0 Å². The first-order chi connectivity index (χ1) is 18.0. The molecule has 2 bridgehead atoms. The van der Waals surface area contributed by atoms with E-state index in [1.807, 2.05) is 42.5 Å². The van der Waals surface area contributed by atoms with Crippen molar-refractivity contribution in [3.05, 3.63) is 96.1 Å². The first-order valence-corrected chi connectivity index (χ1v) is 13.6. The molecule has 0 N–H and O–H groups in total. The van der Waals surface area contributed by atoms with Gasteiger partial charge < -0.3 is 0 Å². The summed E-state index contributed by atoms with van der Waals surface area (Å²) in [6.07, 6.45) is 6.75. The van der Waals surface area contributed by atoms with Crippen molar-refractivity contribution in [3.63, 3.8) is 0 Å². The number of hydrogen-bond acceptors (Lipinski definition) is 3. The number of hydrogen-bond donors (Lipinski definition) is 0. The van der Waals surface area contributed by atoms with Gasteiger partial charge >= 0.3 is 0 Å². The lowest BCUT2D eigenvalue weighted by molar-refractivity contribution is 0.0780. The fourth-order valence-corrected chi connectivity index (χ4v) is 7.23. The molecule has 3 aromatic carbocycles. The second-order valence-electron chi connectivity index (χ2n) is 11.5. The van der Waals surface area contributed by atoms with E-state index in [9.17, 15) is 5.26 Å². The summed E-state index contributed by atoms with van der Waals surface area (Å²) in [6.45, 7) is 4.89. The summed E-state index contributed by atoms with van der Waals surface area (Å²) < 4.78 is 0. The number of nitriles is 1. The molecule has 3 nitrogen and oxygen atoms in total. The summed E-state index contributed by atoms with van der Waals surface area (Å²) in [5, 5.41) is 9.20. The van der Waals surface area contributed by atoms with Crippen molar-refractivity contribution in [2.24, 2.45) is 17.8 Å². The number of rotatable bonds is 4. The molecule has 1 aromatic heterocycles. The first-order valence-electron chi connectivity index (χ1n) is 13.6. The maximum Gasteiger partial charge on any atom is 0.160 e. The molecule has 184 valence electrons. The topological polar surface area (TPSA) is 49.6 Å². The Morgan fingerprint density at radius 2 is 1.27 bits per heavy atom. The number of aromatic nitrogens is 2. The zero-order valence-corrected chi connectivity index (χ0v) is 21.7. The van der Waals surface area contributed by atoms with Gasteiger partial charge in [0.25, 0.3) is 0 Å². The van der Waals surface area contributed by atoms with Crippen LogP contribution in [0.1, 0.15) is 57.1 Å². The molecule has 0 saturated heterocycles. The van der Waals surface area contributed by atoms with E-state index >= 15 is 0 Å². The highest BCUT2D eigenvalue weighted by molar-refractivity contribution is 5.72. The molecule has 37 heavy (non-hydrogen) atoms. The van der Waals surface area contributed by atoms with E-state index < -0.39 is 0 Å². The van der Waals surface area contributed by atoms with Gasteiger partial charge in [0.15, 0.2) is 5.82 Å². The number of nitrogens with zero attached hydrogens (tertiary/aromatic N) is 3. The van der Waals surface area contributed by atoms with E-state index in [2.05, 4.69) is 62.4 Å². The van der Waals surface area contributed by atoms with Gasteiger partial charge in [0, 0.05) is 16.7 Å². The Labute approximate surface area is 220 Å². The van der Waals surface area contributed by atoms with Crippen molar-refractivity contribution in [2.45, 2.75) is 51.4 Å². The molecule has 2 saturated carbocycles. The molecule has 2 fully saturated rings. The zero-order valence-electron chi connectivity index (χ0n) is 21.7. The lowest BCUT2D eigenvalue weighted by Gasteiger charge is -2.50.